The monoisotopic (exact) mass is 293 g/mol. The molecule has 1 aliphatic carbocycles. The summed E-state index contributed by atoms with van der Waals surface area (Å²) in [5.74, 6) is 0.613. The Morgan fingerprint density at radius 3 is 2.30 bits per heavy atom. The van der Waals surface area contributed by atoms with Crippen molar-refractivity contribution in [1.82, 2.24) is 0 Å². The van der Waals surface area contributed by atoms with Gasteiger partial charge in [-0.3, -0.25) is 4.21 Å². The predicted octanol–water partition coefficient (Wildman–Crippen LogP) is 3.64. The number of hydrogen-bond donors (Lipinski definition) is 1. The lowest BCUT2D eigenvalue weighted by Gasteiger charge is -2.40. The van der Waals surface area contributed by atoms with E-state index in [1.807, 2.05) is 24.3 Å². The Labute approximate surface area is 125 Å². The average Bonchev–Trinajstić information content (AvgIpc) is 2.38. The van der Waals surface area contributed by atoms with E-state index in [0.29, 0.717) is 5.92 Å². The summed E-state index contributed by atoms with van der Waals surface area (Å²) in [6.45, 7) is 8.88. The van der Waals surface area contributed by atoms with Gasteiger partial charge >= 0.3 is 0 Å². The molecule has 4 unspecified atom stereocenters. The smallest absolute Gasteiger partial charge is 0.0576 e. The van der Waals surface area contributed by atoms with Crippen LogP contribution in [0.3, 0.4) is 0 Å². The molecular formula is C17H27NOS. The van der Waals surface area contributed by atoms with Gasteiger partial charge in [0.25, 0.3) is 0 Å². The summed E-state index contributed by atoms with van der Waals surface area (Å²) in [5, 5.41) is 0.0932. The highest BCUT2D eigenvalue weighted by Crippen LogP contribution is 2.39. The van der Waals surface area contributed by atoms with Crippen molar-refractivity contribution in [3.63, 3.8) is 0 Å². The Kier molecular flexibility index (Phi) is 4.70. The molecule has 0 bridgehead atoms. The fourth-order valence-electron chi connectivity index (χ4n) is 3.03. The molecule has 112 valence electrons. The fourth-order valence-corrected chi connectivity index (χ4v) is 4.65. The van der Waals surface area contributed by atoms with Gasteiger partial charge in [-0.15, -0.1) is 0 Å². The third-order valence-corrected chi connectivity index (χ3v) is 6.42. The summed E-state index contributed by atoms with van der Waals surface area (Å²) >= 11 is 0. The quantitative estimate of drug-likeness (QED) is 0.904. The second-order valence-electron chi connectivity index (χ2n) is 7.19. The molecule has 0 spiro atoms. The molecule has 3 heteroatoms. The molecular weight excluding hydrogens is 266 g/mol. The first-order valence-electron chi connectivity index (χ1n) is 7.52. The minimum absolute atomic E-state index is 0.0655. The first-order chi connectivity index (χ1) is 9.29. The van der Waals surface area contributed by atoms with Gasteiger partial charge in [-0.25, -0.2) is 0 Å². The summed E-state index contributed by atoms with van der Waals surface area (Å²) in [6.07, 6.45) is 3.13. The van der Waals surface area contributed by atoms with Crippen LogP contribution in [0.5, 0.6) is 0 Å². The lowest BCUT2D eigenvalue weighted by molar-refractivity contribution is 0.173. The van der Waals surface area contributed by atoms with E-state index in [0.717, 1.165) is 24.2 Å². The molecule has 2 N–H and O–H groups in total. The lowest BCUT2D eigenvalue weighted by atomic mass is 9.71. The third kappa shape index (κ3) is 3.50. The van der Waals surface area contributed by atoms with E-state index in [1.165, 1.54) is 5.56 Å². The van der Waals surface area contributed by atoms with Gasteiger partial charge in [0.15, 0.2) is 0 Å². The molecule has 0 aliphatic heterocycles. The highest BCUT2D eigenvalue weighted by Gasteiger charge is 2.37. The first-order valence-corrected chi connectivity index (χ1v) is 8.73. The van der Waals surface area contributed by atoms with E-state index in [-0.39, 0.29) is 16.7 Å². The zero-order valence-electron chi connectivity index (χ0n) is 13.1. The largest absolute Gasteiger partial charge is 0.327 e. The van der Waals surface area contributed by atoms with Gasteiger partial charge in [0.05, 0.1) is 16.0 Å². The van der Waals surface area contributed by atoms with E-state index in [9.17, 15) is 4.21 Å². The van der Waals surface area contributed by atoms with E-state index in [2.05, 4.69) is 27.7 Å². The van der Waals surface area contributed by atoms with Crippen LogP contribution in [0.2, 0.25) is 0 Å². The van der Waals surface area contributed by atoms with Crippen LogP contribution in [0, 0.1) is 18.3 Å². The number of aryl methyl sites for hydroxylation is 1. The third-order valence-electron chi connectivity index (χ3n) is 4.60. The number of nitrogens with two attached hydrogens (primary N) is 1. The maximum Gasteiger partial charge on any atom is 0.0576 e. The van der Waals surface area contributed by atoms with Crippen LogP contribution in [0.15, 0.2) is 29.2 Å². The molecule has 1 aromatic rings. The zero-order valence-corrected chi connectivity index (χ0v) is 13.9. The average molecular weight is 293 g/mol. The Balaban J connectivity index is 2.17. The maximum atomic E-state index is 12.8. The van der Waals surface area contributed by atoms with Crippen LogP contribution in [0.25, 0.3) is 0 Å². The maximum absolute atomic E-state index is 12.8. The van der Waals surface area contributed by atoms with Gasteiger partial charge in [-0.05, 0) is 49.7 Å². The summed E-state index contributed by atoms with van der Waals surface area (Å²) in [6, 6.07) is 8.10. The normalized spacial score (nSPS) is 29.1. The van der Waals surface area contributed by atoms with Gasteiger partial charge < -0.3 is 5.73 Å². The zero-order chi connectivity index (χ0) is 14.9. The van der Waals surface area contributed by atoms with Gasteiger partial charge in [0, 0.05) is 10.9 Å². The SMILES string of the molecule is Cc1ccc(S(=O)C2CC(C(C)(C)C)CCC2N)cc1. The molecule has 0 saturated heterocycles. The first kappa shape index (κ1) is 15.7. The molecule has 2 nitrogen and oxygen atoms in total. The van der Waals surface area contributed by atoms with Crippen molar-refractivity contribution in [3.05, 3.63) is 29.8 Å². The molecule has 0 radical (unpaired) electrons. The fraction of sp³-hybridized carbons (Fsp3) is 0.647. The van der Waals surface area contributed by atoms with Gasteiger partial charge in [0.1, 0.15) is 0 Å². The Hall–Kier alpha value is -0.670. The second-order valence-corrected chi connectivity index (χ2v) is 8.86. The highest BCUT2D eigenvalue weighted by atomic mass is 32.2. The van der Waals surface area contributed by atoms with Crippen molar-refractivity contribution >= 4 is 10.8 Å². The van der Waals surface area contributed by atoms with Gasteiger partial charge in [0.2, 0.25) is 0 Å². The van der Waals surface area contributed by atoms with Gasteiger partial charge in [-0.2, -0.15) is 0 Å². The molecule has 0 amide bonds. The minimum atomic E-state index is -0.989. The Bertz CT molecular complexity index is 475. The van der Waals surface area contributed by atoms with Crippen LogP contribution in [0.4, 0.5) is 0 Å². The highest BCUT2D eigenvalue weighted by molar-refractivity contribution is 7.85. The lowest BCUT2D eigenvalue weighted by Crippen LogP contribution is -2.45. The van der Waals surface area contributed by atoms with Crippen LogP contribution in [-0.4, -0.2) is 15.5 Å². The van der Waals surface area contributed by atoms with Crippen LogP contribution in [-0.2, 0) is 10.8 Å². The topological polar surface area (TPSA) is 43.1 Å². The Morgan fingerprint density at radius 2 is 1.75 bits per heavy atom. The van der Waals surface area contributed by atoms with Gasteiger partial charge in [-0.1, -0.05) is 38.5 Å². The van der Waals surface area contributed by atoms with E-state index in [4.69, 9.17) is 5.73 Å². The number of hydrogen-bond acceptors (Lipinski definition) is 2. The minimum Gasteiger partial charge on any atom is -0.327 e. The summed E-state index contributed by atoms with van der Waals surface area (Å²) in [7, 11) is -0.989. The van der Waals surface area contributed by atoms with Crippen LogP contribution >= 0.6 is 0 Å². The molecule has 2 rings (SSSR count). The molecule has 1 saturated carbocycles. The second kappa shape index (κ2) is 5.98. The van der Waals surface area contributed by atoms with Crippen molar-refractivity contribution in [1.29, 1.82) is 0 Å². The van der Waals surface area contributed by atoms with Crippen LogP contribution in [0.1, 0.15) is 45.6 Å². The molecule has 1 aliphatic rings. The van der Waals surface area contributed by atoms with Crippen molar-refractivity contribution in [3.8, 4) is 0 Å². The number of rotatable bonds is 2. The molecule has 0 heterocycles. The molecule has 1 aromatic carbocycles. The van der Waals surface area contributed by atoms with Crippen molar-refractivity contribution in [2.45, 2.75) is 63.1 Å². The standard InChI is InChI=1S/C17H27NOS/c1-12-5-8-14(9-6-12)20(19)16-11-13(17(2,3)4)7-10-15(16)18/h5-6,8-9,13,15-16H,7,10-11,18H2,1-4H3. The van der Waals surface area contributed by atoms with Crippen molar-refractivity contribution < 1.29 is 4.21 Å². The van der Waals surface area contributed by atoms with E-state index < -0.39 is 10.8 Å². The summed E-state index contributed by atoms with van der Waals surface area (Å²) in [4.78, 5) is 0.922. The molecule has 20 heavy (non-hydrogen) atoms. The number of benzene rings is 1. The molecule has 0 aromatic heterocycles. The van der Waals surface area contributed by atoms with E-state index in [1.54, 1.807) is 0 Å². The van der Waals surface area contributed by atoms with Crippen molar-refractivity contribution in [2.24, 2.45) is 17.1 Å². The predicted molar refractivity (Wildman–Crippen MR) is 86.1 cm³/mol. The van der Waals surface area contributed by atoms with Crippen LogP contribution < -0.4 is 5.73 Å². The summed E-state index contributed by atoms with van der Waals surface area (Å²) < 4.78 is 12.8. The Morgan fingerprint density at radius 1 is 1.15 bits per heavy atom. The molecule has 4 atom stereocenters. The molecule has 1 fully saturated rings. The van der Waals surface area contributed by atoms with E-state index >= 15 is 0 Å². The summed E-state index contributed by atoms with van der Waals surface area (Å²) in [5.41, 5.74) is 7.73. The van der Waals surface area contributed by atoms with Crippen molar-refractivity contribution in [2.75, 3.05) is 0 Å².